The molecule has 0 fully saturated rings. The number of nitriles is 1. The Labute approximate surface area is 205 Å². The molecule has 0 bridgehead atoms. The fraction of sp³-hybridized carbons (Fsp3) is 0.321. The number of hydrogen-bond donors (Lipinski definition) is 1. The number of aromatic nitrogens is 1. The topological polar surface area (TPSA) is 75.0 Å². The molecule has 4 rings (SSSR count). The Morgan fingerprint density at radius 3 is 2.65 bits per heavy atom. The fourth-order valence-corrected chi connectivity index (χ4v) is 5.30. The van der Waals surface area contributed by atoms with E-state index in [9.17, 15) is 10.1 Å². The van der Waals surface area contributed by atoms with E-state index < -0.39 is 0 Å². The first kappa shape index (κ1) is 23.8. The van der Waals surface area contributed by atoms with E-state index in [-0.39, 0.29) is 11.2 Å². The molecule has 2 aromatic carbocycles. The minimum Gasteiger partial charge on any atom is -0.494 e. The maximum Gasteiger partial charge on any atom is 0.237 e. The summed E-state index contributed by atoms with van der Waals surface area (Å²) in [7, 11) is 0. The van der Waals surface area contributed by atoms with Gasteiger partial charge in [-0.05, 0) is 80.0 Å². The van der Waals surface area contributed by atoms with Crippen molar-refractivity contribution in [3.63, 3.8) is 0 Å². The third-order valence-corrected chi connectivity index (χ3v) is 7.46. The second-order valence-electron chi connectivity index (χ2n) is 8.37. The monoisotopic (exact) mass is 471 g/mol. The molecule has 0 saturated heterocycles. The highest BCUT2D eigenvalue weighted by molar-refractivity contribution is 8.00. The summed E-state index contributed by atoms with van der Waals surface area (Å²) < 4.78 is 5.46. The van der Waals surface area contributed by atoms with Gasteiger partial charge in [0.25, 0.3) is 0 Å². The number of carbonyl (C=O) groups excluding carboxylic acids is 1. The van der Waals surface area contributed by atoms with E-state index >= 15 is 0 Å². The van der Waals surface area contributed by atoms with Crippen LogP contribution in [0.1, 0.15) is 55.0 Å². The van der Waals surface area contributed by atoms with E-state index in [1.54, 1.807) is 0 Å². The predicted molar refractivity (Wildman–Crippen MR) is 136 cm³/mol. The largest absolute Gasteiger partial charge is 0.494 e. The summed E-state index contributed by atoms with van der Waals surface area (Å²) in [5.74, 6) is 1.13. The van der Waals surface area contributed by atoms with Crippen LogP contribution in [0.3, 0.4) is 0 Å². The minimum absolute atomic E-state index is 0.0933. The zero-order valence-corrected chi connectivity index (χ0v) is 20.4. The molecule has 1 amide bonds. The van der Waals surface area contributed by atoms with Crippen LogP contribution in [0, 0.1) is 11.3 Å². The van der Waals surface area contributed by atoms with Gasteiger partial charge in [-0.3, -0.25) is 4.79 Å². The highest BCUT2D eigenvalue weighted by Gasteiger charge is 2.25. The highest BCUT2D eigenvalue weighted by Crippen LogP contribution is 2.36. The predicted octanol–water partition coefficient (Wildman–Crippen LogP) is 6.13. The second kappa shape index (κ2) is 11.2. The van der Waals surface area contributed by atoms with Crippen LogP contribution >= 0.6 is 11.8 Å². The summed E-state index contributed by atoms with van der Waals surface area (Å²) in [5, 5.41) is 13.1. The van der Waals surface area contributed by atoms with Crippen LogP contribution in [0.5, 0.6) is 5.75 Å². The molecule has 0 saturated carbocycles. The average molecular weight is 472 g/mol. The summed E-state index contributed by atoms with van der Waals surface area (Å²) in [6.45, 7) is 4.51. The molecule has 1 aromatic heterocycles. The first-order chi connectivity index (χ1) is 16.6. The number of nitrogens with zero attached hydrogens (tertiary/aromatic N) is 2. The van der Waals surface area contributed by atoms with Crippen molar-refractivity contribution >= 4 is 23.4 Å². The average Bonchev–Trinajstić information content (AvgIpc) is 2.88. The lowest BCUT2D eigenvalue weighted by Gasteiger charge is -2.25. The lowest BCUT2D eigenvalue weighted by atomic mass is 9.82. The summed E-state index contributed by atoms with van der Waals surface area (Å²) in [4.78, 5) is 17.8. The summed E-state index contributed by atoms with van der Waals surface area (Å²) in [6, 6.07) is 22.2. The van der Waals surface area contributed by atoms with Gasteiger partial charge >= 0.3 is 0 Å². The normalized spacial score (nSPS) is 15.6. The van der Waals surface area contributed by atoms with Crippen molar-refractivity contribution in [3.05, 3.63) is 83.0 Å². The number of thioether (sulfide) groups is 1. The van der Waals surface area contributed by atoms with E-state index in [4.69, 9.17) is 9.72 Å². The first-order valence-electron chi connectivity index (χ1n) is 11.8. The van der Waals surface area contributed by atoms with Gasteiger partial charge in [0.15, 0.2) is 0 Å². The van der Waals surface area contributed by atoms with Gasteiger partial charge in [-0.25, -0.2) is 4.98 Å². The molecule has 0 aliphatic heterocycles. The third kappa shape index (κ3) is 5.60. The van der Waals surface area contributed by atoms with Gasteiger partial charge in [-0.1, -0.05) is 49.0 Å². The second-order valence-corrected chi connectivity index (χ2v) is 9.56. The summed E-state index contributed by atoms with van der Waals surface area (Å²) >= 11 is 1.38. The smallest absolute Gasteiger partial charge is 0.237 e. The van der Waals surface area contributed by atoms with E-state index in [1.165, 1.54) is 17.3 Å². The number of rotatable bonds is 8. The van der Waals surface area contributed by atoms with Gasteiger partial charge in [-0.2, -0.15) is 5.26 Å². The number of ether oxygens (including phenoxy) is 1. The van der Waals surface area contributed by atoms with Crippen molar-refractivity contribution < 1.29 is 9.53 Å². The van der Waals surface area contributed by atoms with Crippen molar-refractivity contribution in [2.24, 2.45) is 0 Å². The lowest BCUT2D eigenvalue weighted by Crippen LogP contribution is -2.25. The van der Waals surface area contributed by atoms with Crippen LogP contribution in [0.4, 0.5) is 5.69 Å². The van der Waals surface area contributed by atoms with Crippen molar-refractivity contribution in [1.29, 1.82) is 5.26 Å². The molecule has 1 N–H and O–H groups in total. The van der Waals surface area contributed by atoms with Gasteiger partial charge in [-0.15, -0.1) is 0 Å². The molecule has 1 aliphatic carbocycles. The van der Waals surface area contributed by atoms with E-state index in [2.05, 4.69) is 35.7 Å². The Kier molecular flexibility index (Phi) is 7.87. The molecule has 2 atom stereocenters. The van der Waals surface area contributed by atoms with Crippen molar-refractivity contribution in [3.8, 4) is 11.8 Å². The van der Waals surface area contributed by atoms with E-state index in [1.807, 2.05) is 50.2 Å². The SMILES string of the molecule is CCOc1ccc(NC(=O)C(CC)Sc2nc3c(cc2C#N)CC(c2ccccc2)CC3)cc1. The van der Waals surface area contributed by atoms with Gasteiger partial charge in [0.2, 0.25) is 5.91 Å². The molecule has 0 spiro atoms. The number of aryl methyl sites for hydroxylation is 1. The molecule has 6 heteroatoms. The summed E-state index contributed by atoms with van der Waals surface area (Å²) in [6.07, 6.45) is 3.44. The van der Waals surface area contributed by atoms with Crippen LogP contribution in [0.2, 0.25) is 0 Å². The molecule has 1 heterocycles. The summed E-state index contributed by atoms with van der Waals surface area (Å²) in [5.41, 5.74) is 4.80. The van der Waals surface area contributed by atoms with Crippen molar-refractivity contribution in [2.45, 2.75) is 55.7 Å². The Balaban J connectivity index is 1.48. The van der Waals surface area contributed by atoms with Gasteiger partial charge < -0.3 is 10.1 Å². The van der Waals surface area contributed by atoms with Crippen LogP contribution in [-0.4, -0.2) is 22.7 Å². The molecule has 34 heavy (non-hydrogen) atoms. The Morgan fingerprint density at radius 2 is 1.97 bits per heavy atom. The lowest BCUT2D eigenvalue weighted by molar-refractivity contribution is -0.115. The van der Waals surface area contributed by atoms with Crippen molar-refractivity contribution in [2.75, 3.05) is 11.9 Å². The number of hydrogen-bond acceptors (Lipinski definition) is 5. The first-order valence-corrected chi connectivity index (χ1v) is 12.7. The zero-order valence-electron chi connectivity index (χ0n) is 19.6. The molecule has 3 aromatic rings. The fourth-order valence-electron chi connectivity index (χ4n) is 4.31. The maximum atomic E-state index is 13.0. The van der Waals surface area contributed by atoms with Crippen LogP contribution in [-0.2, 0) is 17.6 Å². The highest BCUT2D eigenvalue weighted by atomic mass is 32.2. The quantitative estimate of drug-likeness (QED) is 0.400. The third-order valence-electron chi connectivity index (χ3n) is 6.09. The molecule has 5 nitrogen and oxygen atoms in total. The molecular formula is C28H29N3O2S. The van der Waals surface area contributed by atoms with Crippen LogP contribution < -0.4 is 10.1 Å². The van der Waals surface area contributed by atoms with Crippen LogP contribution in [0.15, 0.2) is 65.7 Å². The molecule has 1 aliphatic rings. The number of amides is 1. The van der Waals surface area contributed by atoms with Crippen LogP contribution in [0.25, 0.3) is 0 Å². The van der Waals surface area contributed by atoms with E-state index in [0.29, 0.717) is 29.5 Å². The number of benzene rings is 2. The number of fused-ring (bicyclic) bond motifs is 1. The number of anilines is 1. The van der Waals surface area contributed by atoms with Crippen molar-refractivity contribution in [1.82, 2.24) is 4.98 Å². The molecular weight excluding hydrogens is 442 g/mol. The Morgan fingerprint density at radius 1 is 1.21 bits per heavy atom. The minimum atomic E-state index is -0.343. The van der Waals surface area contributed by atoms with E-state index in [0.717, 1.165) is 42.0 Å². The molecule has 0 radical (unpaired) electrons. The Bertz CT molecular complexity index is 1170. The van der Waals surface area contributed by atoms with Gasteiger partial charge in [0.1, 0.15) is 16.8 Å². The Hall–Kier alpha value is -3.30. The van der Waals surface area contributed by atoms with Gasteiger partial charge in [0.05, 0.1) is 17.4 Å². The zero-order chi connectivity index (χ0) is 23.9. The number of pyridine rings is 1. The number of carbonyl (C=O) groups is 1. The number of nitrogens with one attached hydrogen (secondary N) is 1. The molecule has 2 unspecified atom stereocenters. The maximum absolute atomic E-state index is 13.0. The standard InChI is InChI=1S/C28H29N3O2S/c1-3-26(27(32)30-23-11-13-24(14-12-23)33-4-2)34-28-22(18-29)17-21-16-20(10-15-25(21)31-28)19-8-6-5-7-9-19/h5-9,11-14,17,20,26H,3-4,10,15-16H2,1-2H3,(H,30,32). The molecule has 174 valence electrons. The van der Waals surface area contributed by atoms with Gasteiger partial charge in [0, 0.05) is 11.4 Å².